The summed E-state index contributed by atoms with van der Waals surface area (Å²) in [4.78, 5) is 16.8. The van der Waals surface area contributed by atoms with Crippen LogP contribution in [0.25, 0.3) is 5.65 Å². The van der Waals surface area contributed by atoms with Gasteiger partial charge in [-0.05, 0) is 24.6 Å². The van der Waals surface area contributed by atoms with Crippen LogP contribution in [0.3, 0.4) is 0 Å². The van der Waals surface area contributed by atoms with Crippen LogP contribution in [0.15, 0.2) is 54.7 Å². The molecule has 1 aromatic carbocycles. The highest BCUT2D eigenvalue weighted by Crippen LogP contribution is 2.19. The van der Waals surface area contributed by atoms with E-state index in [4.69, 9.17) is 0 Å². The predicted molar refractivity (Wildman–Crippen MR) is 97.0 cm³/mol. The number of imidazole rings is 1. The lowest BCUT2D eigenvalue weighted by atomic mass is 10.2. The van der Waals surface area contributed by atoms with Crippen LogP contribution in [-0.4, -0.2) is 25.5 Å². The maximum atomic E-state index is 12.4. The van der Waals surface area contributed by atoms with Gasteiger partial charge in [-0.1, -0.05) is 47.7 Å². The largest absolute Gasteiger partial charge is 0.304 e. The zero-order valence-electron chi connectivity index (χ0n) is 13.5. The third-order valence-electron chi connectivity index (χ3n) is 3.81. The number of aryl methyl sites for hydroxylation is 1. The van der Waals surface area contributed by atoms with Crippen molar-refractivity contribution in [3.63, 3.8) is 0 Å². The van der Waals surface area contributed by atoms with Gasteiger partial charge < -0.3 is 4.40 Å². The Kier molecular flexibility index (Phi) is 3.99. The summed E-state index contributed by atoms with van der Waals surface area (Å²) in [7, 11) is 0. The molecule has 7 heteroatoms. The first-order chi connectivity index (χ1) is 12.2. The van der Waals surface area contributed by atoms with E-state index in [0.717, 1.165) is 21.9 Å². The number of rotatable bonds is 4. The highest BCUT2D eigenvalue weighted by molar-refractivity contribution is 7.15. The summed E-state index contributed by atoms with van der Waals surface area (Å²) in [6.45, 7) is 1.97. The summed E-state index contributed by atoms with van der Waals surface area (Å²) in [6.07, 6.45) is 2.42. The lowest BCUT2D eigenvalue weighted by Gasteiger charge is -1.97. The number of nitrogens with one attached hydrogen (secondary N) is 1. The molecule has 0 aliphatic heterocycles. The SMILES string of the molecule is Cc1cccc2nc(C(=O)Nc3nnc(Cc4ccccc4)s3)cn12. The zero-order chi connectivity index (χ0) is 17.2. The molecule has 4 rings (SSSR count). The van der Waals surface area contributed by atoms with Crippen LogP contribution in [0.1, 0.15) is 26.8 Å². The summed E-state index contributed by atoms with van der Waals surface area (Å²) in [5.41, 5.74) is 3.28. The van der Waals surface area contributed by atoms with Crippen molar-refractivity contribution in [2.75, 3.05) is 5.32 Å². The normalized spacial score (nSPS) is 10.9. The molecular weight excluding hydrogens is 334 g/mol. The second-order valence-electron chi connectivity index (χ2n) is 5.64. The zero-order valence-corrected chi connectivity index (χ0v) is 14.3. The molecule has 0 fully saturated rings. The summed E-state index contributed by atoms with van der Waals surface area (Å²) >= 11 is 1.37. The maximum absolute atomic E-state index is 12.4. The van der Waals surface area contributed by atoms with Crippen molar-refractivity contribution in [2.45, 2.75) is 13.3 Å². The molecule has 0 bridgehead atoms. The van der Waals surface area contributed by atoms with Gasteiger partial charge in [-0.25, -0.2) is 4.98 Å². The lowest BCUT2D eigenvalue weighted by Crippen LogP contribution is -2.12. The molecular formula is C18H15N5OS. The second-order valence-corrected chi connectivity index (χ2v) is 6.70. The Morgan fingerprint density at radius 3 is 2.76 bits per heavy atom. The molecule has 124 valence electrons. The molecule has 0 spiro atoms. The minimum absolute atomic E-state index is 0.287. The molecule has 4 aromatic rings. The van der Waals surface area contributed by atoms with E-state index in [2.05, 4.69) is 20.5 Å². The van der Waals surface area contributed by atoms with Gasteiger partial charge in [-0.15, -0.1) is 10.2 Å². The highest BCUT2D eigenvalue weighted by Gasteiger charge is 2.14. The molecule has 0 saturated heterocycles. The van der Waals surface area contributed by atoms with Crippen molar-refractivity contribution in [1.82, 2.24) is 19.6 Å². The van der Waals surface area contributed by atoms with Gasteiger partial charge in [-0.2, -0.15) is 0 Å². The quantitative estimate of drug-likeness (QED) is 0.613. The number of amides is 1. The van der Waals surface area contributed by atoms with Crippen LogP contribution < -0.4 is 5.32 Å². The van der Waals surface area contributed by atoms with Gasteiger partial charge in [0.15, 0.2) is 0 Å². The molecule has 1 N–H and O–H groups in total. The minimum Gasteiger partial charge on any atom is -0.304 e. The predicted octanol–water partition coefficient (Wildman–Crippen LogP) is 3.34. The number of anilines is 1. The lowest BCUT2D eigenvalue weighted by molar-refractivity contribution is 0.102. The van der Waals surface area contributed by atoms with Crippen LogP contribution in [0, 0.1) is 6.92 Å². The molecule has 1 amide bonds. The van der Waals surface area contributed by atoms with E-state index in [1.807, 2.05) is 59.9 Å². The van der Waals surface area contributed by atoms with Crippen molar-refractivity contribution in [1.29, 1.82) is 0 Å². The number of hydrogen-bond acceptors (Lipinski definition) is 5. The Labute approximate surface area is 148 Å². The minimum atomic E-state index is -0.287. The van der Waals surface area contributed by atoms with Crippen LogP contribution in [0.2, 0.25) is 0 Å². The van der Waals surface area contributed by atoms with E-state index in [0.29, 0.717) is 17.2 Å². The molecule has 0 radical (unpaired) electrons. The topological polar surface area (TPSA) is 72.2 Å². The molecule has 0 unspecified atom stereocenters. The molecule has 0 saturated carbocycles. The van der Waals surface area contributed by atoms with E-state index >= 15 is 0 Å². The van der Waals surface area contributed by atoms with Crippen LogP contribution >= 0.6 is 11.3 Å². The summed E-state index contributed by atoms with van der Waals surface area (Å²) in [5.74, 6) is -0.287. The first kappa shape index (κ1) is 15.5. The van der Waals surface area contributed by atoms with Crippen LogP contribution in [0.5, 0.6) is 0 Å². The molecule has 25 heavy (non-hydrogen) atoms. The number of hydrogen-bond donors (Lipinski definition) is 1. The number of carbonyl (C=O) groups excluding carboxylic acids is 1. The van der Waals surface area contributed by atoms with Gasteiger partial charge in [0.2, 0.25) is 5.13 Å². The average molecular weight is 349 g/mol. The summed E-state index contributed by atoms with van der Waals surface area (Å²) < 4.78 is 1.88. The van der Waals surface area contributed by atoms with Gasteiger partial charge in [0.05, 0.1) is 0 Å². The summed E-state index contributed by atoms with van der Waals surface area (Å²) in [6, 6.07) is 15.8. The van der Waals surface area contributed by atoms with Gasteiger partial charge in [0.25, 0.3) is 5.91 Å². The second kappa shape index (κ2) is 6.45. The fraction of sp³-hybridized carbons (Fsp3) is 0.111. The number of benzene rings is 1. The van der Waals surface area contributed by atoms with Crippen LogP contribution in [0.4, 0.5) is 5.13 Å². The first-order valence-corrected chi connectivity index (χ1v) is 8.63. The van der Waals surface area contributed by atoms with Crippen molar-refractivity contribution in [2.24, 2.45) is 0 Å². The number of fused-ring (bicyclic) bond motifs is 1. The first-order valence-electron chi connectivity index (χ1n) is 7.81. The van der Waals surface area contributed by atoms with Crippen LogP contribution in [-0.2, 0) is 6.42 Å². The van der Waals surface area contributed by atoms with E-state index in [-0.39, 0.29) is 5.91 Å². The highest BCUT2D eigenvalue weighted by atomic mass is 32.1. The Hall–Kier alpha value is -3.06. The third-order valence-corrected chi connectivity index (χ3v) is 4.65. The fourth-order valence-electron chi connectivity index (χ4n) is 2.56. The molecule has 3 aromatic heterocycles. The van der Waals surface area contributed by atoms with Gasteiger partial charge >= 0.3 is 0 Å². The van der Waals surface area contributed by atoms with Crippen molar-refractivity contribution >= 4 is 28.0 Å². The molecule has 6 nitrogen and oxygen atoms in total. The molecule has 0 aliphatic carbocycles. The van der Waals surface area contributed by atoms with E-state index in [1.165, 1.54) is 11.3 Å². The number of nitrogens with zero attached hydrogens (tertiary/aromatic N) is 4. The number of pyridine rings is 1. The van der Waals surface area contributed by atoms with E-state index in [9.17, 15) is 4.79 Å². The number of aromatic nitrogens is 4. The Bertz CT molecular complexity index is 1040. The number of carbonyl (C=O) groups is 1. The van der Waals surface area contributed by atoms with Gasteiger partial charge in [0.1, 0.15) is 16.3 Å². The fourth-order valence-corrected chi connectivity index (χ4v) is 3.33. The standard InChI is InChI=1S/C18H15N5OS/c1-12-6-5-9-15-19-14(11-23(12)15)17(24)20-18-22-21-16(25-18)10-13-7-3-2-4-8-13/h2-9,11H,10H2,1H3,(H,20,22,24). The Morgan fingerprint density at radius 1 is 1.12 bits per heavy atom. The summed E-state index contributed by atoms with van der Waals surface area (Å²) in [5, 5.41) is 12.3. The third kappa shape index (κ3) is 3.27. The molecule has 0 atom stereocenters. The maximum Gasteiger partial charge on any atom is 0.277 e. The van der Waals surface area contributed by atoms with Gasteiger partial charge in [-0.3, -0.25) is 10.1 Å². The Morgan fingerprint density at radius 2 is 1.96 bits per heavy atom. The molecule has 3 heterocycles. The monoisotopic (exact) mass is 349 g/mol. The van der Waals surface area contributed by atoms with Crippen molar-refractivity contribution in [3.05, 3.63) is 76.7 Å². The Balaban J connectivity index is 1.50. The molecule has 0 aliphatic rings. The smallest absolute Gasteiger partial charge is 0.277 e. The van der Waals surface area contributed by atoms with E-state index in [1.54, 1.807) is 6.20 Å². The average Bonchev–Trinajstić information content (AvgIpc) is 3.23. The van der Waals surface area contributed by atoms with E-state index < -0.39 is 0 Å². The van der Waals surface area contributed by atoms with Gasteiger partial charge in [0, 0.05) is 18.3 Å². The van der Waals surface area contributed by atoms with Crippen molar-refractivity contribution < 1.29 is 4.79 Å². The van der Waals surface area contributed by atoms with Crippen molar-refractivity contribution in [3.8, 4) is 0 Å².